The van der Waals surface area contributed by atoms with Gasteiger partial charge in [0.1, 0.15) is 11.2 Å². The maximum absolute atomic E-state index is 13.7. The quantitative estimate of drug-likeness (QED) is 0.404. The van der Waals surface area contributed by atoms with Crippen molar-refractivity contribution in [2.45, 2.75) is 13.1 Å². The largest absolute Gasteiger partial charge is 0.416 e. The van der Waals surface area contributed by atoms with Crippen molar-refractivity contribution in [1.29, 1.82) is 0 Å². The molecule has 202 valence electrons. The number of nitrogens with one attached hydrogen (secondary N) is 1. The third kappa shape index (κ3) is 5.25. The summed E-state index contributed by atoms with van der Waals surface area (Å²) >= 11 is 0. The number of nitrogen functional groups attached to an aromatic ring is 1. The van der Waals surface area contributed by atoms with Gasteiger partial charge in [0.2, 0.25) is 5.95 Å². The van der Waals surface area contributed by atoms with Gasteiger partial charge in [-0.15, -0.1) is 0 Å². The number of nitrogens with zero attached hydrogens (tertiary/aromatic N) is 5. The Bertz CT molecular complexity index is 1650. The zero-order chi connectivity index (χ0) is 27.9. The number of carbonyl (C=O) groups excluding carboxylic acids is 1. The van der Waals surface area contributed by atoms with E-state index >= 15 is 0 Å². The third-order valence-electron chi connectivity index (χ3n) is 6.46. The molecule has 0 aliphatic carbocycles. The molecule has 1 aliphatic rings. The van der Waals surface area contributed by atoms with Gasteiger partial charge in [0.05, 0.1) is 25.0 Å². The summed E-state index contributed by atoms with van der Waals surface area (Å²) in [5.41, 5.74) is 6.52. The molecule has 2 aromatic heterocycles. The van der Waals surface area contributed by atoms with Gasteiger partial charge in [-0.3, -0.25) is 14.2 Å². The fraction of sp³-hybridized carbons (Fsp3) is 0.269. The van der Waals surface area contributed by atoms with E-state index < -0.39 is 23.2 Å². The van der Waals surface area contributed by atoms with Crippen molar-refractivity contribution in [2.75, 3.05) is 42.3 Å². The van der Waals surface area contributed by atoms with E-state index in [4.69, 9.17) is 10.5 Å². The van der Waals surface area contributed by atoms with Gasteiger partial charge in [-0.25, -0.2) is 9.97 Å². The van der Waals surface area contributed by atoms with Crippen LogP contribution >= 0.6 is 0 Å². The first-order valence-corrected chi connectivity index (χ1v) is 12.0. The monoisotopic (exact) mass is 539 g/mol. The van der Waals surface area contributed by atoms with Crippen LogP contribution in [-0.4, -0.2) is 51.7 Å². The van der Waals surface area contributed by atoms with Gasteiger partial charge in [0.15, 0.2) is 5.65 Å². The normalized spacial score (nSPS) is 14.0. The molecule has 2 aromatic carbocycles. The molecule has 10 nitrogen and oxygen atoms in total. The topological polar surface area (TPSA) is 128 Å². The summed E-state index contributed by atoms with van der Waals surface area (Å²) in [5.74, 6) is -0.729. The van der Waals surface area contributed by atoms with Gasteiger partial charge in [0, 0.05) is 42.6 Å². The molecule has 4 aromatic rings. The average molecular weight is 540 g/mol. The Kier molecular flexibility index (Phi) is 6.68. The van der Waals surface area contributed by atoms with Crippen LogP contribution in [0.15, 0.2) is 47.4 Å². The fourth-order valence-electron chi connectivity index (χ4n) is 4.37. The van der Waals surface area contributed by atoms with E-state index in [1.165, 1.54) is 23.9 Å². The van der Waals surface area contributed by atoms with Gasteiger partial charge in [-0.1, -0.05) is 6.07 Å². The highest BCUT2D eigenvalue weighted by atomic mass is 19.4. The van der Waals surface area contributed by atoms with E-state index in [1.54, 1.807) is 30.0 Å². The Labute approximate surface area is 220 Å². The van der Waals surface area contributed by atoms with Crippen molar-refractivity contribution in [1.82, 2.24) is 19.5 Å². The molecule has 1 saturated heterocycles. The molecule has 1 aliphatic heterocycles. The fourth-order valence-corrected chi connectivity index (χ4v) is 4.37. The maximum Gasteiger partial charge on any atom is 0.416 e. The minimum absolute atomic E-state index is 0.000639. The smallest absolute Gasteiger partial charge is 0.378 e. The van der Waals surface area contributed by atoms with Gasteiger partial charge in [-0.05, 0) is 42.8 Å². The van der Waals surface area contributed by atoms with E-state index in [0.29, 0.717) is 42.9 Å². The van der Waals surface area contributed by atoms with Crippen molar-refractivity contribution in [2.24, 2.45) is 7.05 Å². The third-order valence-corrected chi connectivity index (χ3v) is 6.46. The molecule has 5 rings (SSSR count). The number of rotatable bonds is 4. The van der Waals surface area contributed by atoms with E-state index in [1.807, 2.05) is 0 Å². The first-order chi connectivity index (χ1) is 18.5. The molecule has 13 heteroatoms. The Balaban J connectivity index is 1.51. The number of carbonyl (C=O) groups is 1. The van der Waals surface area contributed by atoms with Crippen LogP contribution in [-0.2, 0) is 18.0 Å². The summed E-state index contributed by atoms with van der Waals surface area (Å²) in [4.78, 5) is 40.4. The minimum Gasteiger partial charge on any atom is -0.378 e. The second-order valence-corrected chi connectivity index (χ2v) is 9.11. The van der Waals surface area contributed by atoms with Crippen molar-refractivity contribution >= 4 is 34.4 Å². The number of alkyl halides is 3. The lowest BCUT2D eigenvalue weighted by atomic mass is 10.0. The van der Waals surface area contributed by atoms with Crippen molar-refractivity contribution in [3.63, 3.8) is 0 Å². The summed E-state index contributed by atoms with van der Waals surface area (Å²) in [7, 11) is 1.53. The molecule has 39 heavy (non-hydrogen) atoms. The second kappa shape index (κ2) is 9.98. The van der Waals surface area contributed by atoms with E-state index in [2.05, 4.69) is 20.3 Å². The number of morpholine rings is 1. The molecule has 0 unspecified atom stereocenters. The number of amides is 1. The standard InChI is InChI=1S/C26H24F3N7O3/c1-14-3-4-17(12-19(14)21-24(38)35(2)22-20(33-21)13-31-25(30)34-22)32-23(37)15-9-16(26(27,28)29)11-18(10-15)36-5-7-39-8-6-36/h3-4,9-13H,5-8H2,1-2H3,(H,32,37)(H2,30,31,34). The van der Waals surface area contributed by atoms with Crippen molar-refractivity contribution in [3.8, 4) is 11.3 Å². The highest BCUT2D eigenvalue weighted by molar-refractivity contribution is 6.05. The lowest BCUT2D eigenvalue weighted by Gasteiger charge is -2.29. The average Bonchev–Trinajstić information content (AvgIpc) is 2.92. The predicted octanol–water partition coefficient (Wildman–Crippen LogP) is 3.39. The number of aryl methyl sites for hydroxylation is 2. The van der Waals surface area contributed by atoms with Crippen LogP contribution in [0.2, 0.25) is 0 Å². The molecule has 0 radical (unpaired) electrons. The lowest BCUT2D eigenvalue weighted by Crippen LogP contribution is -2.36. The molecule has 1 fully saturated rings. The molecule has 0 spiro atoms. The molecular weight excluding hydrogens is 515 g/mol. The van der Waals surface area contributed by atoms with Gasteiger partial charge >= 0.3 is 6.18 Å². The number of benzene rings is 2. The molecular formula is C26H24F3N7O3. The number of anilines is 3. The molecule has 1 amide bonds. The Hall–Kier alpha value is -4.52. The number of fused-ring (bicyclic) bond motifs is 1. The highest BCUT2D eigenvalue weighted by Crippen LogP contribution is 2.34. The second-order valence-electron chi connectivity index (χ2n) is 9.11. The van der Waals surface area contributed by atoms with Crippen LogP contribution in [0.5, 0.6) is 0 Å². The van der Waals surface area contributed by atoms with Gasteiger partial charge < -0.3 is 20.7 Å². The van der Waals surface area contributed by atoms with Crippen LogP contribution in [0.4, 0.5) is 30.5 Å². The van der Waals surface area contributed by atoms with Crippen molar-refractivity contribution < 1.29 is 22.7 Å². The Morgan fingerprint density at radius 3 is 2.56 bits per heavy atom. The van der Waals surface area contributed by atoms with Crippen LogP contribution in [0, 0.1) is 6.92 Å². The van der Waals surface area contributed by atoms with Crippen LogP contribution < -0.4 is 21.5 Å². The number of hydrogen-bond acceptors (Lipinski definition) is 8. The zero-order valence-electron chi connectivity index (χ0n) is 21.0. The number of nitrogens with two attached hydrogens (primary N) is 1. The molecule has 0 bridgehead atoms. The molecule has 3 N–H and O–H groups in total. The van der Waals surface area contributed by atoms with E-state index in [9.17, 15) is 22.8 Å². The Morgan fingerprint density at radius 2 is 1.85 bits per heavy atom. The number of halogens is 3. The molecule has 3 heterocycles. The minimum atomic E-state index is -4.63. The summed E-state index contributed by atoms with van der Waals surface area (Å²) < 4.78 is 47.6. The highest BCUT2D eigenvalue weighted by Gasteiger charge is 2.32. The Morgan fingerprint density at radius 1 is 1.10 bits per heavy atom. The number of hydrogen-bond donors (Lipinski definition) is 2. The lowest BCUT2D eigenvalue weighted by molar-refractivity contribution is -0.137. The molecule has 0 atom stereocenters. The summed E-state index contributed by atoms with van der Waals surface area (Å²) in [5, 5.41) is 2.66. The van der Waals surface area contributed by atoms with E-state index in [-0.39, 0.29) is 34.2 Å². The zero-order valence-corrected chi connectivity index (χ0v) is 21.0. The first-order valence-electron chi connectivity index (χ1n) is 12.0. The maximum atomic E-state index is 13.7. The summed E-state index contributed by atoms with van der Waals surface area (Å²) in [6.07, 6.45) is -3.23. The number of ether oxygens (including phenoxy) is 1. The van der Waals surface area contributed by atoms with Crippen LogP contribution in [0.3, 0.4) is 0 Å². The van der Waals surface area contributed by atoms with Gasteiger partial charge in [-0.2, -0.15) is 18.2 Å². The van der Waals surface area contributed by atoms with Gasteiger partial charge in [0.25, 0.3) is 11.5 Å². The SMILES string of the molecule is Cc1ccc(NC(=O)c2cc(N3CCOCC3)cc(C(F)(F)F)c2)cc1-c1nc2cnc(N)nc2n(C)c1=O. The molecule has 0 saturated carbocycles. The number of aromatic nitrogens is 4. The predicted molar refractivity (Wildman–Crippen MR) is 140 cm³/mol. The van der Waals surface area contributed by atoms with Crippen LogP contribution in [0.25, 0.3) is 22.4 Å². The summed E-state index contributed by atoms with van der Waals surface area (Å²) in [6, 6.07) is 8.11. The van der Waals surface area contributed by atoms with E-state index in [0.717, 1.165) is 12.1 Å². The van der Waals surface area contributed by atoms with Crippen LogP contribution in [0.1, 0.15) is 21.5 Å². The van der Waals surface area contributed by atoms with Crippen molar-refractivity contribution in [3.05, 3.63) is 69.6 Å². The summed E-state index contributed by atoms with van der Waals surface area (Å²) in [6.45, 7) is 3.36. The first kappa shape index (κ1) is 26.1.